The molecule has 0 aromatic carbocycles. The molecule has 66 valence electrons. The first-order valence-corrected chi connectivity index (χ1v) is 4.17. The van der Waals surface area contributed by atoms with Crippen molar-refractivity contribution in [1.82, 2.24) is 9.97 Å². The van der Waals surface area contributed by atoms with Gasteiger partial charge in [-0.05, 0) is 20.3 Å². The van der Waals surface area contributed by atoms with Crippen LogP contribution in [0.25, 0.3) is 0 Å². The monoisotopic (exact) mass is 166 g/mol. The summed E-state index contributed by atoms with van der Waals surface area (Å²) in [4.78, 5) is 8.25. The summed E-state index contributed by atoms with van der Waals surface area (Å²) in [6.07, 6.45) is 2.74. The molecule has 1 aromatic rings. The Hall–Kier alpha value is -1.12. The Morgan fingerprint density at radius 2 is 2.17 bits per heavy atom. The highest BCUT2D eigenvalue weighted by molar-refractivity contribution is 5.22. The van der Waals surface area contributed by atoms with Gasteiger partial charge in [0.25, 0.3) is 0 Å². The maximum Gasteiger partial charge on any atom is 0.158 e. The zero-order valence-corrected chi connectivity index (χ0v) is 7.79. The Labute approximate surface area is 72.8 Å². The molecule has 0 spiro atoms. The van der Waals surface area contributed by atoms with Gasteiger partial charge in [0.15, 0.2) is 5.75 Å². The number of ether oxygens (including phenoxy) is 1. The number of aryl methyl sites for hydroxylation is 2. The molecule has 1 rings (SSSR count). The average molecular weight is 166 g/mol. The molecule has 0 aliphatic rings. The van der Waals surface area contributed by atoms with Gasteiger partial charge in [0, 0.05) is 0 Å². The molecule has 0 N–H and O–H groups in total. The maximum absolute atomic E-state index is 5.42. The molecular weight excluding hydrogens is 152 g/mol. The zero-order chi connectivity index (χ0) is 8.97. The number of rotatable bonds is 3. The van der Waals surface area contributed by atoms with Crippen molar-refractivity contribution in [3.63, 3.8) is 0 Å². The van der Waals surface area contributed by atoms with Gasteiger partial charge in [-0.2, -0.15) is 0 Å². The molecule has 0 saturated heterocycles. The summed E-state index contributed by atoms with van der Waals surface area (Å²) in [5, 5.41) is 0. The van der Waals surface area contributed by atoms with E-state index in [1.165, 1.54) is 0 Å². The van der Waals surface area contributed by atoms with Crippen LogP contribution in [0.1, 0.15) is 24.9 Å². The number of aromatic nitrogens is 2. The second-order valence-corrected chi connectivity index (χ2v) is 2.72. The van der Waals surface area contributed by atoms with Gasteiger partial charge >= 0.3 is 0 Å². The van der Waals surface area contributed by atoms with Crippen LogP contribution in [0.3, 0.4) is 0 Å². The Kier molecular flexibility index (Phi) is 3.02. The van der Waals surface area contributed by atoms with Crippen molar-refractivity contribution in [3.8, 4) is 5.75 Å². The molecule has 1 heterocycles. The SMILES string of the molecule is CCCOc1cnc(C)nc1C. The van der Waals surface area contributed by atoms with Crippen molar-refractivity contribution in [3.05, 3.63) is 17.7 Å². The van der Waals surface area contributed by atoms with Crippen LogP contribution in [-0.4, -0.2) is 16.6 Å². The van der Waals surface area contributed by atoms with E-state index in [0.717, 1.165) is 30.3 Å². The molecular formula is C9H14N2O. The molecule has 0 aliphatic heterocycles. The molecule has 3 heteroatoms. The fourth-order valence-electron chi connectivity index (χ4n) is 0.926. The van der Waals surface area contributed by atoms with Crippen molar-refractivity contribution in [2.45, 2.75) is 27.2 Å². The molecule has 0 unspecified atom stereocenters. The Morgan fingerprint density at radius 1 is 1.42 bits per heavy atom. The topological polar surface area (TPSA) is 35.0 Å². The number of hydrogen-bond donors (Lipinski definition) is 0. The van der Waals surface area contributed by atoms with E-state index in [0.29, 0.717) is 0 Å². The maximum atomic E-state index is 5.42. The normalized spacial score (nSPS) is 9.92. The molecule has 1 aromatic heterocycles. The van der Waals surface area contributed by atoms with Gasteiger partial charge in [0.2, 0.25) is 0 Å². The predicted molar refractivity (Wildman–Crippen MR) is 47.3 cm³/mol. The van der Waals surface area contributed by atoms with E-state index in [4.69, 9.17) is 4.74 Å². The first-order valence-electron chi connectivity index (χ1n) is 4.17. The van der Waals surface area contributed by atoms with E-state index in [1.54, 1.807) is 6.20 Å². The summed E-state index contributed by atoms with van der Waals surface area (Å²) in [5.74, 6) is 1.58. The number of hydrogen-bond acceptors (Lipinski definition) is 3. The molecule has 0 aliphatic carbocycles. The summed E-state index contributed by atoms with van der Waals surface area (Å²) in [5.41, 5.74) is 0.913. The van der Waals surface area contributed by atoms with Crippen LogP contribution in [0.5, 0.6) is 5.75 Å². The standard InChI is InChI=1S/C9H14N2O/c1-4-5-12-9-6-10-8(3)11-7(9)2/h6H,4-5H2,1-3H3. The molecule has 0 bridgehead atoms. The highest BCUT2D eigenvalue weighted by Crippen LogP contribution is 2.13. The van der Waals surface area contributed by atoms with Crippen molar-refractivity contribution in [2.75, 3.05) is 6.61 Å². The van der Waals surface area contributed by atoms with E-state index < -0.39 is 0 Å². The van der Waals surface area contributed by atoms with Crippen LogP contribution in [0.2, 0.25) is 0 Å². The molecule has 0 atom stereocenters. The van der Waals surface area contributed by atoms with E-state index in [2.05, 4.69) is 16.9 Å². The van der Waals surface area contributed by atoms with Crippen LogP contribution in [0.15, 0.2) is 6.20 Å². The summed E-state index contributed by atoms with van der Waals surface area (Å²) < 4.78 is 5.42. The Bertz CT molecular complexity index is 261. The highest BCUT2D eigenvalue weighted by Gasteiger charge is 2.00. The molecule has 12 heavy (non-hydrogen) atoms. The van der Waals surface area contributed by atoms with E-state index in [9.17, 15) is 0 Å². The van der Waals surface area contributed by atoms with Gasteiger partial charge in [-0.25, -0.2) is 9.97 Å². The lowest BCUT2D eigenvalue weighted by Gasteiger charge is -2.06. The predicted octanol–water partition coefficient (Wildman–Crippen LogP) is 1.88. The first-order chi connectivity index (χ1) is 5.74. The van der Waals surface area contributed by atoms with Crippen molar-refractivity contribution in [1.29, 1.82) is 0 Å². The molecule has 3 nitrogen and oxygen atoms in total. The fraction of sp³-hybridized carbons (Fsp3) is 0.556. The lowest BCUT2D eigenvalue weighted by Crippen LogP contribution is -2.00. The molecule has 0 radical (unpaired) electrons. The number of nitrogens with zero attached hydrogens (tertiary/aromatic N) is 2. The summed E-state index contributed by atoms with van der Waals surface area (Å²) in [6.45, 7) is 6.61. The second kappa shape index (κ2) is 4.04. The minimum absolute atomic E-state index is 0.729. The van der Waals surface area contributed by atoms with Gasteiger partial charge in [-0.1, -0.05) is 6.92 Å². The van der Waals surface area contributed by atoms with Gasteiger partial charge in [-0.15, -0.1) is 0 Å². The first kappa shape index (κ1) is 8.97. The average Bonchev–Trinajstić information content (AvgIpc) is 2.03. The quantitative estimate of drug-likeness (QED) is 0.687. The summed E-state index contributed by atoms with van der Waals surface area (Å²) in [6, 6.07) is 0. The van der Waals surface area contributed by atoms with Crippen LogP contribution in [-0.2, 0) is 0 Å². The smallest absolute Gasteiger partial charge is 0.158 e. The second-order valence-electron chi connectivity index (χ2n) is 2.72. The Balaban J connectivity index is 2.72. The molecule has 0 amide bonds. The van der Waals surface area contributed by atoms with Gasteiger partial charge < -0.3 is 4.74 Å². The van der Waals surface area contributed by atoms with E-state index in [1.807, 2.05) is 13.8 Å². The van der Waals surface area contributed by atoms with Crippen molar-refractivity contribution >= 4 is 0 Å². The molecule has 0 saturated carbocycles. The van der Waals surface area contributed by atoms with Crippen molar-refractivity contribution < 1.29 is 4.74 Å². The van der Waals surface area contributed by atoms with Gasteiger partial charge in [0.05, 0.1) is 18.5 Å². The summed E-state index contributed by atoms with van der Waals surface area (Å²) >= 11 is 0. The van der Waals surface area contributed by atoms with E-state index in [-0.39, 0.29) is 0 Å². The minimum atomic E-state index is 0.729. The lowest BCUT2D eigenvalue weighted by atomic mass is 10.4. The van der Waals surface area contributed by atoms with Crippen LogP contribution >= 0.6 is 0 Å². The zero-order valence-electron chi connectivity index (χ0n) is 7.79. The lowest BCUT2D eigenvalue weighted by molar-refractivity contribution is 0.312. The largest absolute Gasteiger partial charge is 0.490 e. The summed E-state index contributed by atoms with van der Waals surface area (Å²) in [7, 11) is 0. The van der Waals surface area contributed by atoms with Crippen LogP contribution in [0, 0.1) is 13.8 Å². The van der Waals surface area contributed by atoms with Crippen LogP contribution in [0.4, 0.5) is 0 Å². The van der Waals surface area contributed by atoms with E-state index >= 15 is 0 Å². The van der Waals surface area contributed by atoms with Gasteiger partial charge in [0.1, 0.15) is 5.82 Å². The van der Waals surface area contributed by atoms with Gasteiger partial charge in [-0.3, -0.25) is 0 Å². The third-order valence-electron chi connectivity index (χ3n) is 1.52. The van der Waals surface area contributed by atoms with Crippen LogP contribution < -0.4 is 4.74 Å². The highest BCUT2D eigenvalue weighted by atomic mass is 16.5. The minimum Gasteiger partial charge on any atom is -0.490 e. The van der Waals surface area contributed by atoms with Crippen molar-refractivity contribution in [2.24, 2.45) is 0 Å². The Morgan fingerprint density at radius 3 is 2.75 bits per heavy atom. The third kappa shape index (κ3) is 2.19. The fourth-order valence-corrected chi connectivity index (χ4v) is 0.926. The molecule has 0 fully saturated rings. The third-order valence-corrected chi connectivity index (χ3v) is 1.52.